The van der Waals surface area contributed by atoms with Crippen molar-refractivity contribution in [2.45, 2.75) is 0 Å². The molecule has 0 bridgehead atoms. The highest BCUT2D eigenvalue weighted by Gasteiger charge is 2.13. The highest BCUT2D eigenvalue weighted by molar-refractivity contribution is 6.31. The molecule has 0 aliphatic rings. The van der Waals surface area contributed by atoms with Crippen molar-refractivity contribution < 1.29 is 0 Å². The van der Waals surface area contributed by atoms with E-state index in [9.17, 15) is 0 Å². The predicted octanol–water partition coefficient (Wildman–Crippen LogP) is 6.57. The maximum Gasteiger partial charge on any atom is 0.0547 e. The van der Waals surface area contributed by atoms with Crippen molar-refractivity contribution in [3.05, 3.63) is 90.1 Å². The molecule has 0 spiro atoms. The van der Waals surface area contributed by atoms with Gasteiger partial charge in [-0.25, -0.2) is 0 Å². The molecular formula is C22H14ClN. The van der Waals surface area contributed by atoms with E-state index in [1.54, 1.807) is 0 Å². The first-order chi connectivity index (χ1) is 11.8. The molecule has 2 heteroatoms. The van der Waals surface area contributed by atoms with Crippen LogP contribution < -0.4 is 0 Å². The molecule has 0 atom stereocenters. The smallest absolute Gasteiger partial charge is 0.0547 e. The minimum Gasteiger partial charge on any atom is -0.315 e. The number of hydrogen-bond donors (Lipinski definition) is 0. The molecule has 5 aromatic rings. The third-order valence-corrected chi connectivity index (χ3v) is 4.86. The lowest BCUT2D eigenvalue weighted by molar-refractivity contribution is 1.28. The zero-order valence-corrected chi connectivity index (χ0v) is 13.7. The number of para-hydroxylation sites is 1. The van der Waals surface area contributed by atoms with Crippen LogP contribution in [0.25, 0.3) is 38.3 Å². The maximum atomic E-state index is 6.20. The van der Waals surface area contributed by atoms with Crippen LogP contribution in [0.3, 0.4) is 0 Å². The Morgan fingerprint density at radius 1 is 0.667 bits per heavy atom. The number of fused-ring (bicyclic) bond motifs is 4. The lowest BCUT2D eigenvalue weighted by Gasteiger charge is -2.05. The van der Waals surface area contributed by atoms with Crippen molar-refractivity contribution in [2.24, 2.45) is 0 Å². The van der Waals surface area contributed by atoms with Crippen LogP contribution in [0.2, 0.25) is 5.02 Å². The molecule has 24 heavy (non-hydrogen) atoms. The van der Waals surface area contributed by atoms with E-state index in [1.807, 2.05) is 12.1 Å². The van der Waals surface area contributed by atoms with Crippen molar-refractivity contribution in [3.8, 4) is 11.1 Å². The Morgan fingerprint density at radius 3 is 2.33 bits per heavy atom. The highest BCUT2D eigenvalue weighted by Crippen LogP contribution is 2.37. The van der Waals surface area contributed by atoms with Crippen LogP contribution in [0.15, 0.2) is 85.1 Å². The van der Waals surface area contributed by atoms with E-state index in [1.165, 1.54) is 32.9 Å². The van der Waals surface area contributed by atoms with Gasteiger partial charge in [0.1, 0.15) is 0 Å². The van der Waals surface area contributed by atoms with Gasteiger partial charge in [0, 0.05) is 22.2 Å². The molecule has 1 nitrogen and oxygen atoms in total. The largest absolute Gasteiger partial charge is 0.315 e. The Morgan fingerprint density at radius 2 is 1.46 bits per heavy atom. The maximum absolute atomic E-state index is 6.20. The molecule has 0 saturated heterocycles. The number of pyridine rings is 1. The lowest BCUT2D eigenvalue weighted by Crippen LogP contribution is -1.85. The van der Waals surface area contributed by atoms with Crippen LogP contribution in [-0.4, -0.2) is 4.40 Å². The van der Waals surface area contributed by atoms with Gasteiger partial charge in [0.2, 0.25) is 0 Å². The summed E-state index contributed by atoms with van der Waals surface area (Å²) < 4.78 is 2.29. The van der Waals surface area contributed by atoms with Crippen LogP contribution in [0.1, 0.15) is 0 Å². The van der Waals surface area contributed by atoms with E-state index >= 15 is 0 Å². The summed E-state index contributed by atoms with van der Waals surface area (Å²) in [6, 6.07) is 27.4. The Balaban J connectivity index is 2.01. The van der Waals surface area contributed by atoms with E-state index in [0.717, 1.165) is 10.4 Å². The van der Waals surface area contributed by atoms with E-state index in [-0.39, 0.29) is 0 Å². The molecule has 114 valence electrons. The van der Waals surface area contributed by atoms with Gasteiger partial charge in [0.25, 0.3) is 0 Å². The first-order valence-electron chi connectivity index (χ1n) is 7.99. The van der Waals surface area contributed by atoms with Gasteiger partial charge in [-0.3, -0.25) is 0 Å². The molecule has 0 unspecified atom stereocenters. The summed E-state index contributed by atoms with van der Waals surface area (Å²) in [5, 5.41) is 4.39. The van der Waals surface area contributed by atoms with E-state index in [4.69, 9.17) is 11.6 Å². The molecular weight excluding hydrogens is 314 g/mol. The van der Waals surface area contributed by atoms with Crippen molar-refractivity contribution in [2.75, 3.05) is 0 Å². The van der Waals surface area contributed by atoms with Crippen LogP contribution in [-0.2, 0) is 0 Å². The number of halogens is 1. The molecule has 0 N–H and O–H groups in total. The molecule has 0 aliphatic heterocycles. The van der Waals surface area contributed by atoms with E-state index in [0.29, 0.717) is 0 Å². The minimum absolute atomic E-state index is 0.768. The van der Waals surface area contributed by atoms with E-state index < -0.39 is 0 Å². The van der Waals surface area contributed by atoms with Gasteiger partial charge >= 0.3 is 0 Å². The topological polar surface area (TPSA) is 4.41 Å². The normalized spacial score (nSPS) is 11.5. The molecule has 3 aromatic carbocycles. The van der Waals surface area contributed by atoms with Crippen molar-refractivity contribution in [1.82, 2.24) is 4.40 Å². The third-order valence-electron chi connectivity index (χ3n) is 4.62. The average Bonchev–Trinajstić information content (AvgIpc) is 2.94. The monoisotopic (exact) mass is 327 g/mol. The molecule has 2 heterocycles. The molecule has 0 aliphatic carbocycles. The fourth-order valence-electron chi connectivity index (χ4n) is 3.55. The third kappa shape index (κ3) is 1.95. The number of aromatic nitrogens is 1. The fraction of sp³-hybridized carbons (Fsp3) is 0. The van der Waals surface area contributed by atoms with Crippen LogP contribution in [0.4, 0.5) is 0 Å². The van der Waals surface area contributed by atoms with Gasteiger partial charge < -0.3 is 4.40 Å². The fourth-order valence-corrected chi connectivity index (χ4v) is 3.73. The van der Waals surface area contributed by atoms with Gasteiger partial charge in [0.15, 0.2) is 0 Å². The zero-order valence-electron chi connectivity index (χ0n) is 12.9. The van der Waals surface area contributed by atoms with Gasteiger partial charge in [-0.2, -0.15) is 0 Å². The van der Waals surface area contributed by atoms with Crippen LogP contribution >= 0.6 is 11.6 Å². The van der Waals surface area contributed by atoms with Gasteiger partial charge in [-0.05, 0) is 40.6 Å². The van der Waals surface area contributed by atoms with E-state index in [2.05, 4.69) is 77.3 Å². The zero-order chi connectivity index (χ0) is 16.1. The van der Waals surface area contributed by atoms with Crippen LogP contribution in [0.5, 0.6) is 0 Å². The van der Waals surface area contributed by atoms with Crippen LogP contribution in [0, 0.1) is 0 Å². The molecule has 2 aromatic heterocycles. The van der Waals surface area contributed by atoms with Gasteiger partial charge in [-0.1, -0.05) is 66.2 Å². The summed E-state index contributed by atoms with van der Waals surface area (Å²) in [6.07, 6.45) is 2.20. The summed E-state index contributed by atoms with van der Waals surface area (Å²) in [6.45, 7) is 0. The Kier molecular flexibility index (Phi) is 2.91. The number of benzene rings is 3. The molecule has 0 fully saturated rings. The second-order valence-corrected chi connectivity index (χ2v) is 6.50. The second-order valence-electron chi connectivity index (χ2n) is 6.06. The molecule has 0 saturated carbocycles. The Labute approximate surface area is 144 Å². The number of hydrogen-bond acceptors (Lipinski definition) is 0. The molecule has 0 amide bonds. The summed E-state index contributed by atoms with van der Waals surface area (Å²) >= 11 is 6.20. The summed E-state index contributed by atoms with van der Waals surface area (Å²) in [5.74, 6) is 0. The predicted molar refractivity (Wildman–Crippen MR) is 103 cm³/mol. The van der Waals surface area contributed by atoms with Crippen molar-refractivity contribution in [1.29, 1.82) is 0 Å². The Hall–Kier alpha value is -2.77. The lowest BCUT2D eigenvalue weighted by atomic mass is 10.0. The first-order valence-corrected chi connectivity index (χ1v) is 8.36. The second kappa shape index (κ2) is 5.12. The summed E-state index contributed by atoms with van der Waals surface area (Å²) in [7, 11) is 0. The first kappa shape index (κ1) is 13.6. The highest BCUT2D eigenvalue weighted by atomic mass is 35.5. The number of nitrogens with zero attached hydrogens (tertiary/aromatic N) is 1. The van der Waals surface area contributed by atoms with Crippen molar-refractivity contribution >= 4 is 38.8 Å². The summed E-state index contributed by atoms with van der Waals surface area (Å²) in [4.78, 5) is 0. The van der Waals surface area contributed by atoms with Gasteiger partial charge in [0.05, 0.1) is 11.0 Å². The number of rotatable bonds is 1. The minimum atomic E-state index is 0.768. The molecule has 5 rings (SSSR count). The quantitative estimate of drug-likeness (QED) is 0.328. The van der Waals surface area contributed by atoms with Gasteiger partial charge in [-0.15, -0.1) is 0 Å². The SMILES string of the molecule is Clc1ccc2cn3c(cc2c1)c(-c1ccccc1)c1ccccc13. The molecule has 0 radical (unpaired) electrons. The standard InChI is InChI=1S/C22H14ClN/c23-18-11-10-16-14-24-20-9-5-4-8-19(20)22(15-6-2-1-3-7-15)21(24)13-17(16)12-18/h1-14H. The summed E-state index contributed by atoms with van der Waals surface area (Å²) in [5.41, 5.74) is 4.94. The van der Waals surface area contributed by atoms with Crippen molar-refractivity contribution in [3.63, 3.8) is 0 Å². The Bertz CT molecular complexity index is 1200. The average molecular weight is 328 g/mol.